The smallest absolute Gasteiger partial charge is 0.343 e. The van der Waals surface area contributed by atoms with Crippen LogP contribution in [0.2, 0.25) is 0 Å². The van der Waals surface area contributed by atoms with E-state index in [1.165, 1.54) is 12.1 Å². The molecule has 0 unspecified atom stereocenters. The first kappa shape index (κ1) is 14.9. The summed E-state index contributed by atoms with van der Waals surface area (Å²) < 4.78 is 36.6. The third-order valence-corrected chi connectivity index (χ3v) is 3.93. The van der Waals surface area contributed by atoms with Crippen LogP contribution in [0.4, 0.5) is 0 Å². The zero-order valence-electron chi connectivity index (χ0n) is 9.99. The Balaban J connectivity index is 2.16. The maximum atomic E-state index is 11.9. The number of esters is 1. The number of carbonyl (C=O) groups excluding carboxylic acids is 1. The summed E-state index contributed by atoms with van der Waals surface area (Å²) in [6, 6.07) is 11.8. The minimum atomic E-state index is -4.25. The monoisotopic (exact) mass is 404 g/mol. The fourth-order valence-corrected chi connectivity index (χ4v) is 2.48. The third kappa shape index (κ3) is 3.78. The second-order valence-electron chi connectivity index (χ2n) is 3.85. The molecule has 0 fully saturated rings. The van der Waals surface area contributed by atoms with Gasteiger partial charge in [-0.05, 0) is 65.1 Å². The number of halogens is 1. The maximum Gasteiger partial charge on any atom is 0.343 e. The highest BCUT2D eigenvalue weighted by Crippen LogP contribution is 2.17. The molecule has 0 radical (unpaired) electrons. The lowest BCUT2D eigenvalue weighted by molar-refractivity contribution is 0.0734. The molecule has 0 atom stereocenters. The van der Waals surface area contributed by atoms with Crippen LogP contribution in [-0.4, -0.2) is 18.9 Å². The topological polar surface area (TPSA) is 80.7 Å². The fraction of sp³-hybridized carbons (Fsp3) is 0. The summed E-state index contributed by atoms with van der Waals surface area (Å²) in [5, 5.41) is 0. The Bertz CT molecular complexity index is 738. The van der Waals surface area contributed by atoms with E-state index in [0.717, 1.165) is 15.7 Å². The van der Waals surface area contributed by atoms with Crippen molar-refractivity contribution in [1.82, 2.24) is 0 Å². The van der Waals surface area contributed by atoms with Gasteiger partial charge in [0.15, 0.2) is 0 Å². The summed E-state index contributed by atoms with van der Waals surface area (Å²) >= 11 is 2.08. The van der Waals surface area contributed by atoms with Gasteiger partial charge in [-0.15, -0.1) is 0 Å². The van der Waals surface area contributed by atoms with Gasteiger partial charge in [-0.1, -0.05) is 6.07 Å². The van der Waals surface area contributed by atoms with Crippen molar-refractivity contribution in [1.29, 1.82) is 0 Å². The molecular formula is C13H9IO5S. The molecule has 0 heterocycles. The zero-order valence-corrected chi connectivity index (χ0v) is 13.0. The Labute approximate surface area is 129 Å². The number of hydrogen-bond acceptors (Lipinski definition) is 4. The van der Waals surface area contributed by atoms with E-state index >= 15 is 0 Å². The molecule has 0 bridgehead atoms. The van der Waals surface area contributed by atoms with Crippen molar-refractivity contribution in [3.05, 3.63) is 57.7 Å². The van der Waals surface area contributed by atoms with Crippen LogP contribution in [0, 0.1) is 3.57 Å². The lowest BCUT2D eigenvalue weighted by Crippen LogP contribution is -2.08. The average molecular weight is 404 g/mol. The maximum absolute atomic E-state index is 11.9. The van der Waals surface area contributed by atoms with E-state index in [-0.39, 0.29) is 10.6 Å². The molecule has 0 aliphatic carbocycles. The van der Waals surface area contributed by atoms with Gasteiger partial charge in [-0.25, -0.2) is 4.79 Å². The van der Waals surface area contributed by atoms with E-state index in [1.807, 2.05) is 6.07 Å². The van der Waals surface area contributed by atoms with Crippen LogP contribution in [0.1, 0.15) is 10.4 Å². The zero-order chi connectivity index (χ0) is 14.8. The molecular weight excluding hydrogens is 395 g/mol. The molecule has 0 saturated carbocycles. The number of benzene rings is 2. The van der Waals surface area contributed by atoms with Gasteiger partial charge in [0.2, 0.25) is 0 Å². The van der Waals surface area contributed by atoms with Crippen molar-refractivity contribution >= 4 is 38.7 Å². The molecule has 0 aromatic heterocycles. The van der Waals surface area contributed by atoms with Crippen molar-refractivity contribution in [2.75, 3.05) is 0 Å². The minimum absolute atomic E-state index is 0.196. The largest absolute Gasteiger partial charge is 0.423 e. The Kier molecular flexibility index (Phi) is 4.41. The molecule has 0 amide bonds. The first-order chi connectivity index (χ1) is 9.36. The molecule has 0 saturated heterocycles. The number of ether oxygens (including phenoxy) is 1. The van der Waals surface area contributed by atoms with E-state index in [2.05, 4.69) is 22.6 Å². The third-order valence-electron chi connectivity index (χ3n) is 2.39. The predicted molar refractivity (Wildman–Crippen MR) is 80.4 cm³/mol. The highest BCUT2D eigenvalue weighted by atomic mass is 127. The van der Waals surface area contributed by atoms with Crippen LogP contribution in [0.15, 0.2) is 53.4 Å². The second-order valence-corrected chi connectivity index (χ2v) is 6.51. The predicted octanol–water partition coefficient (Wildman–Crippen LogP) is 2.76. The Hall–Kier alpha value is -1.45. The SMILES string of the molecule is O=C(Oc1ccc(S(=O)(=O)O)cc1)c1cccc(I)c1. The second kappa shape index (κ2) is 5.90. The van der Waals surface area contributed by atoms with Gasteiger partial charge in [0.05, 0.1) is 10.5 Å². The fourth-order valence-electron chi connectivity index (χ4n) is 1.46. The first-order valence-electron chi connectivity index (χ1n) is 5.41. The van der Waals surface area contributed by atoms with Crippen LogP contribution in [0.3, 0.4) is 0 Å². The molecule has 104 valence electrons. The Morgan fingerprint density at radius 3 is 2.30 bits per heavy atom. The van der Waals surface area contributed by atoms with Crippen LogP contribution in [0.25, 0.3) is 0 Å². The van der Waals surface area contributed by atoms with Crippen molar-refractivity contribution in [3.8, 4) is 5.75 Å². The molecule has 2 rings (SSSR count). The van der Waals surface area contributed by atoms with Crippen LogP contribution >= 0.6 is 22.6 Å². The number of carbonyl (C=O) groups is 1. The Morgan fingerprint density at radius 2 is 1.75 bits per heavy atom. The van der Waals surface area contributed by atoms with Gasteiger partial charge in [0, 0.05) is 3.57 Å². The van der Waals surface area contributed by atoms with Gasteiger partial charge in [0.1, 0.15) is 5.75 Å². The van der Waals surface area contributed by atoms with Crippen molar-refractivity contribution in [2.45, 2.75) is 4.90 Å². The van der Waals surface area contributed by atoms with E-state index in [0.29, 0.717) is 5.56 Å². The van der Waals surface area contributed by atoms with Gasteiger partial charge in [0.25, 0.3) is 10.1 Å². The van der Waals surface area contributed by atoms with E-state index in [9.17, 15) is 13.2 Å². The molecule has 0 aliphatic heterocycles. The summed E-state index contributed by atoms with van der Waals surface area (Å²) in [5.74, 6) is -0.343. The first-order valence-corrected chi connectivity index (χ1v) is 7.93. The van der Waals surface area contributed by atoms with Crippen LogP contribution in [-0.2, 0) is 10.1 Å². The van der Waals surface area contributed by atoms with Crippen molar-refractivity contribution in [2.24, 2.45) is 0 Å². The highest BCUT2D eigenvalue weighted by Gasteiger charge is 2.11. The van der Waals surface area contributed by atoms with E-state index in [1.54, 1.807) is 18.2 Å². The average Bonchev–Trinajstić information content (AvgIpc) is 2.38. The molecule has 2 aromatic carbocycles. The summed E-state index contributed by atoms with van der Waals surface area (Å²) in [5.41, 5.74) is 0.399. The van der Waals surface area contributed by atoms with Crippen LogP contribution in [0.5, 0.6) is 5.75 Å². The van der Waals surface area contributed by atoms with Crippen LogP contribution < -0.4 is 4.74 Å². The van der Waals surface area contributed by atoms with Gasteiger partial charge in [-0.3, -0.25) is 4.55 Å². The highest BCUT2D eigenvalue weighted by molar-refractivity contribution is 14.1. The molecule has 1 N–H and O–H groups in total. The number of rotatable bonds is 3. The van der Waals surface area contributed by atoms with E-state index < -0.39 is 16.1 Å². The van der Waals surface area contributed by atoms with Gasteiger partial charge < -0.3 is 4.74 Å². The summed E-state index contributed by atoms with van der Waals surface area (Å²) in [6.45, 7) is 0. The normalized spacial score (nSPS) is 11.1. The molecule has 5 nitrogen and oxygen atoms in total. The molecule has 20 heavy (non-hydrogen) atoms. The van der Waals surface area contributed by atoms with Crippen molar-refractivity contribution < 1.29 is 22.5 Å². The quantitative estimate of drug-likeness (QED) is 0.368. The van der Waals surface area contributed by atoms with Gasteiger partial charge in [-0.2, -0.15) is 8.42 Å². The standard InChI is InChI=1S/C13H9IO5S/c14-10-3-1-2-9(8-10)13(15)19-11-4-6-12(7-5-11)20(16,17)18/h1-8H,(H,16,17,18). The summed E-state index contributed by atoms with van der Waals surface area (Å²) in [7, 11) is -4.25. The molecule has 2 aromatic rings. The number of hydrogen-bond donors (Lipinski definition) is 1. The molecule has 0 spiro atoms. The summed E-state index contributed by atoms with van der Waals surface area (Å²) in [6.07, 6.45) is 0. The lowest BCUT2D eigenvalue weighted by Gasteiger charge is -2.05. The molecule has 7 heteroatoms. The lowest BCUT2D eigenvalue weighted by atomic mass is 10.2. The molecule has 0 aliphatic rings. The van der Waals surface area contributed by atoms with E-state index in [4.69, 9.17) is 9.29 Å². The Morgan fingerprint density at radius 1 is 1.10 bits per heavy atom. The van der Waals surface area contributed by atoms with Gasteiger partial charge >= 0.3 is 5.97 Å². The minimum Gasteiger partial charge on any atom is -0.423 e. The van der Waals surface area contributed by atoms with Crippen molar-refractivity contribution in [3.63, 3.8) is 0 Å². The summed E-state index contributed by atoms with van der Waals surface area (Å²) in [4.78, 5) is 11.6.